The van der Waals surface area contributed by atoms with Gasteiger partial charge in [-0.05, 0) is 26.3 Å². The average molecular weight is 289 g/mol. The molecule has 4 nitrogen and oxygen atoms in total. The first kappa shape index (κ1) is 15.5. The Morgan fingerprint density at radius 1 is 1.33 bits per heavy atom. The summed E-state index contributed by atoms with van der Waals surface area (Å²) in [4.78, 5) is 25.3. The van der Waals surface area contributed by atoms with E-state index in [1.807, 2.05) is 58.0 Å². The van der Waals surface area contributed by atoms with E-state index in [0.717, 1.165) is 11.8 Å². The summed E-state index contributed by atoms with van der Waals surface area (Å²) in [6.45, 7) is 8.46. The van der Waals surface area contributed by atoms with Crippen molar-refractivity contribution in [1.82, 2.24) is 4.90 Å². The van der Waals surface area contributed by atoms with Gasteiger partial charge in [-0.3, -0.25) is 0 Å². The van der Waals surface area contributed by atoms with E-state index >= 15 is 0 Å². The number of hydrogen-bond donors (Lipinski definition) is 0. The van der Waals surface area contributed by atoms with Crippen LogP contribution in [0.3, 0.4) is 0 Å². The van der Waals surface area contributed by atoms with E-state index in [1.54, 1.807) is 4.90 Å². The molecule has 1 aromatic carbocycles. The molecule has 0 spiro atoms. The van der Waals surface area contributed by atoms with Crippen LogP contribution in [-0.2, 0) is 14.9 Å². The zero-order chi connectivity index (χ0) is 15.7. The summed E-state index contributed by atoms with van der Waals surface area (Å²) in [5.74, 6) is -0.215. The zero-order valence-corrected chi connectivity index (χ0v) is 13.1. The molecule has 4 heteroatoms. The van der Waals surface area contributed by atoms with Gasteiger partial charge in [0.05, 0.1) is 0 Å². The second-order valence-electron chi connectivity index (χ2n) is 6.89. The molecule has 1 aliphatic heterocycles. The Balaban J connectivity index is 2.22. The van der Waals surface area contributed by atoms with Gasteiger partial charge in [-0.15, -0.1) is 0 Å². The normalized spacial score (nSPS) is 25.7. The minimum atomic E-state index is -0.528. The van der Waals surface area contributed by atoms with Crippen molar-refractivity contribution in [2.24, 2.45) is 5.92 Å². The summed E-state index contributed by atoms with van der Waals surface area (Å²) in [7, 11) is 0. The molecule has 0 unspecified atom stereocenters. The summed E-state index contributed by atoms with van der Waals surface area (Å²) >= 11 is 0. The summed E-state index contributed by atoms with van der Waals surface area (Å²) in [5.41, 5.74) is 0.188. The van der Waals surface area contributed by atoms with Crippen molar-refractivity contribution >= 4 is 12.4 Å². The predicted octanol–water partition coefficient (Wildman–Crippen LogP) is 3.01. The lowest BCUT2D eigenvalue weighted by atomic mass is 9.75. The van der Waals surface area contributed by atoms with Crippen LogP contribution in [0.4, 0.5) is 4.79 Å². The summed E-state index contributed by atoms with van der Waals surface area (Å²) < 4.78 is 5.41. The minimum Gasteiger partial charge on any atom is -0.444 e. The van der Waals surface area contributed by atoms with Crippen LogP contribution in [0.1, 0.15) is 33.3 Å². The van der Waals surface area contributed by atoms with Crippen molar-refractivity contribution < 1.29 is 14.3 Å². The molecule has 2 rings (SSSR count). The van der Waals surface area contributed by atoms with Crippen LogP contribution in [0.15, 0.2) is 30.3 Å². The van der Waals surface area contributed by atoms with Gasteiger partial charge < -0.3 is 14.4 Å². The number of aldehydes is 1. The van der Waals surface area contributed by atoms with E-state index in [1.165, 1.54) is 0 Å². The molecule has 0 saturated carbocycles. The monoisotopic (exact) mass is 289 g/mol. The SMILES string of the molecule is CC(C)(C)OC(=O)N1C[C@H](C=O)[C@@](C)(c2ccccc2)C1. The van der Waals surface area contributed by atoms with Gasteiger partial charge in [0.1, 0.15) is 11.9 Å². The highest BCUT2D eigenvalue weighted by atomic mass is 16.6. The second-order valence-corrected chi connectivity index (χ2v) is 6.89. The third-order valence-corrected chi connectivity index (χ3v) is 4.00. The molecule has 21 heavy (non-hydrogen) atoms. The topological polar surface area (TPSA) is 46.6 Å². The molecular formula is C17H23NO3. The number of rotatable bonds is 2. The van der Waals surface area contributed by atoms with E-state index < -0.39 is 5.60 Å². The lowest BCUT2D eigenvalue weighted by Crippen LogP contribution is -2.37. The Bertz CT molecular complexity index is 521. The fraction of sp³-hybridized carbons (Fsp3) is 0.529. The first-order valence-corrected chi connectivity index (χ1v) is 7.25. The molecule has 1 aliphatic rings. The van der Waals surface area contributed by atoms with Gasteiger partial charge in [0, 0.05) is 24.4 Å². The Kier molecular flexibility index (Phi) is 4.08. The largest absolute Gasteiger partial charge is 0.444 e. The molecule has 0 aromatic heterocycles. The first-order chi connectivity index (χ1) is 9.76. The van der Waals surface area contributed by atoms with Crippen molar-refractivity contribution in [3.8, 4) is 0 Å². The van der Waals surface area contributed by atoms with Gasteiger partial charge in [0.25, 0.3) is 0 Å². The van der Waals surface area contributed by atoms with E-state index in [2.05, 4.69) is 0 Å². The molecule has 114 valence electrons. The molecule has 1 heterocycles. The van der Waals surface area contributed by atoms with Crippen LogP contribution in [0, 0.1) is 5.92 Å². The number of benzene rings is 1. The van der Waals surface area contributed by atoms with Gasteiger partial charge in [0.15, 0.2) is 0 Å². The van der Waals surface area contributed by atoms with Crippen molar-refractivity contribution in [2.45, 2.75) is 38.7 Å². The third-order valence-electron chi connectivity index (χ3n) is 4.00. The van der Waals surface area contributed by atoms with E-state index in [-0.39, 0.29) is 17.4 Å². The Morgan fingerprint density at radius 3 is 2.48 bits per heavy atom. The van der Waals surface area contributed by atoms with Crippen LogP contribution in [0.2, 0.25) is 0 Å². The van der Waals surface area contributed by atoms with Crippen molar-refractivity contribution in [3.05, 3.63) is 35.9 Å². The molecule has 1 fully saturated rings. The molecule has 1 aromatic rings. The molecule has 0 bridgehead atoms. The van der Waals surface area contributed by atoms with E-state index in [9.17, 15) is 9.59 Å². The lowest BCUT2D eigenvalue weighted by molar-refractivity contribution is -0.111. The maximum atomic E-state index is 12.2. The van der Waals surface area contributed by atoms with Gasteiger partial charge in [0.2, 0.25) is 0 Å². The first-order valence-electron chi connectivity index (χ1n) is 7.25. The smallest absolute Gasteiger partial charge is 0.410 e. The Hall–Kier alpha value is -1.84. The van der Waals surface area contributed by atoms with Gasteiger partial charge in [-0.25, -0.2) is 4.79 Å². The Labute approximate surface area is 126 Å². The van der Waals surface area contributed by atoms with Crippen LogP contribution >= 0.6 is 0 Å². The maximum absolute atomic E-state index is 12.2. The highest BCUT2D eigenvalue weighted by molar-refractivity contribution is 5.71. The van der Waals surface area contributed by atoms with Gasteiger partial charge in [-0.2, -0.15) is 0 Å². The lowest BCUT2D eigenvalue weighted by Gasteiger charge is -2.28. The van der Waals surface area contributed by atoms with Crippen LogP contribution < -0.4 is 0 Å². The van der Waals surface area contributed by atoms with Crippen molar-refractivity contribution in [1.29, 1.82) is 0 Å². The number of ether oxygens (including phenoxy) is 1. The summed E-state index contributed by atoms with van der Waals surface area (Å²) in [6.07, 6.45) is 0.603. The number of nitrogens with zero attached hydrogens (tertiary/aromatic N) is 1. The quantitative estimate of drug-likeness (QED) is 0.786. The third kappa shape index (κ3) is 3.26. The fourth-order valence-electron chi connectivity index (χ4n) is 2.80. The van der Waals surface area contributed by atoms with Crippen molar-refractivity contribution in [3.63, 3.8) is 0 Å². The summed E-state index contributed by atoms with van der Waals surface area (Å²) in [5, 5.41) is 0. The predicted molar refractivity (Wildman–Crippen MR) is 81.2 cm³/mol. The molecule has 0 N–H and O–H groups in total. The molecule has 0 radical (unpaired) electrons. The van der Waals surface area contributed by atoms with Gasteiger partial charge >= 0.3 is 6.09 Å². The van der Waals surface area contributed by atoms with Crippen LogP contribution in [-0.4, -0.2) is 36.0 Å². The van der Waals surface area contributed by atoms with E-state index in [0.29, 0.717) is 13.1 Å². The maximum Gasteiger partial charge on any atom is 0.410 e. The number of carbonyl (C=O) groups is 2. The summed E-state index contributed by atoms with van der Waals surface area (Å²) in [6, 6.07) is 9.88. The number of likely N-dealkylation sites (tertiary alicyclic amines) is 1. The number of carbonyl (C=O) groups excluding carboxylic acids is 2. The van der Waals surface area contributed by atoms with Gasteiger partial charge in [-0.1, -0.05) is 37.3 Å². The highest BCUT2D eigenvalue weighted by Gasteiger charge is 2.46. The van der Waals surface area contributed by atoms with Crippen LogP contribution in [0.25, 0.3) is 0 Å². The minimum absolute atomic E-state index is 0.215. The molecular weight excluding hydrogens is 266 g/mol. The average Bonchev–Trinajstić information content (AvgIpc) is 2.76. The zero-order valence-electron chi connectivity index (χ0n) is 13.1. The molecule has 1 saturated heterocycles. The number of hydrogen-bond acceptors (Lipinski definition) is 3. The highest BCUT2D eigenvalue weighted by Crippen LogP contribution is 2.38. The van der Waals surface area contributed by atoms with Crippen molar-refractivity contribution in [2.75, 3.05) is 13.1 Å². The molecule has 2 atom stereocenters. The second kappa shape index (κ2) is 5.51. The number of amides is 1. The molecule has 1 amide bonds. The Morgan fingerprint density at radius 2 is 1.95 bits per heavy atom. The molecule has 0 aliphatic carbocycles. The fourth-order valence-corrected chi connectivity index (χ4v) is 2.80. The van der Waals surface area contributed by atoms with Crippen LogP contribution in [0.5, 0.6) is 0 Å². The van der Waals surface area contributed by atoms with E-state index in [4.69, 9.17) is 4.74 Å². The standard InChI is InChI=1S/C17H23NO3/c1-16(2,3)21-15(20)18-10-14(11-19)17(4,12-18)13-8-6-5-7-9-13/h5-9,11,14H,10,12H2,1-4H3/t14-,17-/m1/s1.